The number of hydrogen-bond acceptors (Lipinski definition) is 3. The highest BCUT2D eigenvalue weighted by atomic mass is 32.2. The third-order valence-corrected chi connectivity index (χ3v) is 2.70. The van der Waals surface area contributed by atoms with Gasteiger partial charge in [0.15, 0.2) is 0 Å². The van der Waals surface area contributed by atoms with E-state index in [-0.39, 0.29) is 5.91 Å². The number of nitrogens with one attached hydrogen (secondary N) is 1. The fourth-order valence-electron chi connectivity index (χ4n) is 1.17. The van der Waals surface area contributed by atoms with E-state index in [1.54, 1.807) is 17.8 Å². The lowest BCUT2D eigenvalue weighted by Crippen LogP contribution is -2.12. The maximum atomic E-state index is 11.4. The predicted octanol–water partition coefficient (Wildman–Crippen LogP) is 2.27. The molecule has 0 aromatic heterocycles. The van der Waals surface area contributed by atoms with Crippen LogP contribution in [-0.2, 0) is 4.79 Å². The summed E-state index contributed by atoms with van der Waals surface area (Å²) in [7, 11) is 0. The van der Waals surface area contributed by atoms with E-state index in [2.05, 4.69) is 5.32 Å². The number of anilines is 2. The zero-order chi connectivity index (χ0) is 11.3. The standard InChI is InChI=1S/C11H16N2OS/c1-8-7-9(3-4-10(8)12)13-11(14)5-6-15-2/h3-4,7H,5-6,12H2,1-2H3,(H,13,14). The third kappa shape index (κ3) is 3.83. The van der Waals surface area contributed by atoms with E-state index in [4.69, 9.17) is 5.73 Å². The summed E-state index contributed by atoms with van der Waals surface area (Å²) >= 11 is 1.67. The van der Waals surface area contributed by atoms with Crippen molar-refractivity contribution < 1.29 is 4.79 Å². The van der Waals surface area contributed by atoms with Crippen LogP contribution in [0.25, 0.3) is 0 Å². The molecule has 82 valence electrons. The summed E-state index contributed by atoms with van der Waals surface area (Å²) < 4.78 is 0. The smallest absolute Gasteiger partial charge is 0.225 e. The molecule has 0 spiro atoms. The number of amides is 1. The number of thioether (sulfide) groups is 1. The maximum Gasteiger partial charge on any atom is 0.225 e. The molecule has 3 nitrogen and oxygen atoms in total. The first kappa shape index (κ1) is 11.9. The summed E-state index contributed by atoms with van der Waals surface area (Å²) in [6.45, 7) is 1.92. The van der Waals surface area contributed by atoms with Gasteiger partial charge in [-0.2, -0.15) is 11.8 Å². The van der Waals surface area contributed by atoms with Gasteiger partial charge in [-0.25, -0.2) is 0 Å². The van der Waals surface area contributed by atoms with E-state index >= 15 is 0 Å². The lowest BCUT2D eigenvalue weighted by molar-refractivity contribution is -0.115. The average molecular weight is 224 g/mol. The minimum absolute atomic E-state index is 0.0496. The number of carbonyl (C=O) groups is 1. The van der Waals surface area contributed by atoms with Crippen LogP contribution in [0.4, 0.5) is 11.4 Å². The summed E-state index contributed by atoms with van der Waals surface area (Å²) in [6, 6.07) is 5.51. The second-order valence-corrected chi connectivity index (χ2v) is 4.35. The third-order valence-electron chi connectivity index (χ3n) is 2.09. The molecule has 0 radical (unpaired) electrons. The molecule has 0 heterocycles. The van der Waals surface area contributed by atoms with E-state index < -0.39 is 0 Å². The highest BCUT2D eigenvalue weighted by Crippen LogP contribution is 2.16. The number of nitrogens with two attached hydrogens (primary N) is 1. The lowest BCUT2D eigenvalue weighted by atomic mass is 10.2. The molecule has 1 rings (SSSR count). The number of rotatable bonds is 4. The molecule has 4 heteroatoms. The van der Waals surface area contributed by atoms with E-state index in [9.17, 15) is 4.79 Å². The van der Waals surface area contributed by atoms with Crippen molar-refractivity contribution >= 4 is 29.0 Å². The Hall–Kier alpha value is -1.16. The summed E-state index contributed by atoms with van der Waals surface area (Å²) in [6.07, 6.45) is 2.53. The topological polar surface area (TPSA) is 55.1 Å². The van der Waals surface area contributed by atoms with E-state index in [1.807, 2.05) is 25.3 Å². The van der Waals surface area contributed by atoms with Gasteiger partial charge in [-0.3, -0.25) is 4.79 Å². The molecule has 0 aliphatic heterocycles. The van der Waals surface area contributed by atoms with Crippen molar-refractivity contribution in [1.82, 2.24) is 0 Å². The van der Waals surface area contributed by atoms with Crippen LogP contribution in [-0.4, -0.2) is 17.9 Å². The largest absolute Gasteiger partial charge is 0.399 e. The first-order valence-corrected chi connectivity index (χ1v) is 6.18. The van der Waals surface area contributed by atoms with Crippen molar-refractivity contribution in [2.75, 3.05) is 23.1 Å². The van der Waals surface area contributed by atoms with Gasteiger partial charge in [0, 0.05) is 23.5 Å². The molecule has 1 amide bonds. The van der Waals surface area contributed by atoms with Crippen LogP contribution < -0.4 is 11.1 Å². The highest BCUT2D eigenvalue weighted by Gasteiger charge is 2.02. The summed E-state index contributed by atoms with van der Waals surface area (Å²) in [5, 5.41) is 2.84. The second kappa shape index (κ2) is 5.66. The Morgan fingerprint density at radius 3 is 2.87 bits per heavy atom. The first-order valence-electron chi connectivity index (χ1n) is 4.78. The van der Waals surface area contributed by atoms with Crippen LogP contribution in [0, 0.1) is 6.92 Å². The number of aryl methyl sites for hydroxylation is 1. The average Bonchev–Trinajstić information content (AvgIpc) is 2.20. The van der Waals surface area contributed by atoms with Crippen molar-refractivity contribution in [3.8, 4) is 0 Å². The van der Waals surface area contributed by atoms with E-state index in [1.165, 1.54) is 0 Å². The van der Waals surface area contributed by atoms with Gasteiger partial charge in [0.2, 0.25) is 5.91 Å². The van der Waals surface area contributed by atoms with E-state index in [0.717, 1.165) is 22.7 Å². The Kier molecular flexibility index (Phi) is 4.49. The van der Waals surface area contributed by atoms with Crippen molar-refractivity contribution in [1.29, 1.82) is 0 Å². The Labute approximate surface area is 94.4 Å². The fourth-order valence-corrected chi connectivity index (χ4v) is 1.56. The molecule has 0 saturated carbocycles. The molecule has 0 aliphatic rings. The van der Waals surface area contributed by atoms with E-state index in [0.29, 0.717) is 6.42 Å². The van der Waals surface area contributed by atoms with Crippen molar-refractivity contribution in [2.24, 2.45) is 0 Å². The first-order chi connectivity index (χ1) is 7.13. The number of hydrogen-bond donors (Lipinski definition) is 2. The van der Waals surface area contributed by atoms with Gasteiger partial charge in [-0.1, -0.05) is 0 Å². The van der Waals surface area contributed by atoms with Crippen LogP contribution in [0.5, 0.6) is 0 Å². The van der Waals surface area contributed by atoms with Gasteiger partial charge >= 0.3 is 0 Å². The zero-order valence-corrected chi connectivity index (χ0v) is 9.86. The summed E-state index contributed by atoms with van der Waals surface area (Å²) in [5.74, 6) is 0.897. The Morgan fingerprint density at radius 1 is 1.53 bits per heavy atom. The van der Waals surface area contributed by atoms with Crippen molar-refractivity contribution in [3.05, 3.63) is 23.8 Å². The molecular formula is C11H16N2OS. The van der Waals surface area contributed by atoms with Crippen LogP contribution in [0.1, 0.15) is 12.0 Å². The normalized spacial score (nSPS) is 10.0. The van der Waals surface area contributed by atoms with Crippen LogP contribution in [0.15, 0.2) is 18.2 Å². The Balaban J connectivity index is 2.57. The fraction of sp³-hybridized carbons (Fsp3) is 0.364. The minimum Gasteiger partial charge on any atom is -0.399 e. The summed E-state index contributed by atoms with van der Waals surface area (Å²) in [5.41, 5.74) is 8.23. The monoisotopic (exact) mass is 224 g/mol. The van der Waals surface area contributed by atoms with Gasteiger partial charge in [0.1, 0.15) is 0 Å². The SMILES string of the molecule is CSCCC(=O)Nc1ccc(N)c(C)c1. The molecule has 0 bridgehead atoms. The summed E-state index contributed by atoms with van der Waals surface area (Å²) in [4.78, 5) is 11.4. The van der Waals surface area contributed by atoms with Gasteiger partial charge in [0.25, 0.3) is 0 Å². The van der Waals surface area contributed by atoms with Crippen LogP contribution in [0.2, 0.25) is 0 Å². The molecule has 1 aromatic rings. The molecule has 3 N–H and O–H groups in total. The van der Waals surface area contributed by atoms with Gasteiger partial charge < -0.3 is 11.1 Å². The van der Waals surface area contributed by atoms with Gasteiger partial charge in [-0.15, -0.1) is 0 Å². The number of carbonyl (C=O) groups excluding carboxylic acids is 1. The highest BCUT2D eigenvalue weighted by molar-refractivity contribution is 7.98. The number of benzene rings is 1. The predicted molar refractivity (Wildman–Crippen MR) is 67.2 cm³/mol. The molecule has 0 saturated heterocycles. The van der Waals surface area contributed by atoms with Crippen molar-refractivity contribution in [2.45, 2.75) is 13.3 Å². The molecule has 15 heavy (non-hydrogen) atoms. The molecule has 0 atom stereocenters. The lowest BCUT2D eigenvalue weighted by Gasteiger charge is -2.06. The quantitative estimate of drug-likeness (QED) is 0.771. The van der Waals surface area contributed by atoms with Crippen molar-refractivity contribution in [3.63, 3.8) is 0 Å². The van der Waals surface area contributed by atoms with Crippen LogP contribution >= 0.6 is 11.8 Å². The Bertz CT molecular complexity index is 352. The molecule has 0 unspecified atom stereocenters. The van der Waals surface area contributed by atoms with Gasteiger partial charge in [-0.05, 0) is 36.9 Å². The van der Waals surface area contributed by atoms with Gasteiger partial charge in [0.05, 0.1) is 0 Å². The molecule has 0 fully saturated rings. The molecular weight excluding hydrogens is 208 g/mol. The molecule has 0 aliphatic carbocycles. The molecule has 1 aromatic carbocycles. The maximum absolute atomic E-state index is 11.4. The minimum atomic E-state index is 0.0496. The Morgan fingerprint density at radius 2 is 2.27 bits per heavy atom. The number of nitrogen functional groups attached to an aromatic ring is 1. The van der Waals surface area contributed by atoms with Crippen LogP contribution in [0.3, 0.4) is 0 Å². The zero-order valence-electron chi connectivity index (χ0n) is 9.04. The second-order valence-electron chi connectivity index (χ2n) is 3.36.